The summed E-state index contributed by atoms with van der Waals surface area (Å²) < 4.78 is 5.22. The summed E-state index contributed by atoms with van der Waals surface area (Å²) in [5.41, 5.74) is 12.2. The van der Waals surface area contributed by atoms with Crippen molar-refractivity contribution in [2.75, 3.05) is 11.5 Å². The largest absolute Gasteiger partial charge is 0.479 e. The van der Waals surface area contributed by atoms with Gasteiger partial charge in [0, 0.05) is 5.56 Å². The monoisotopic (exact) mass is 299 g/mol. The molecule has 0 radical (unpaired) electrons. The average Bonchev–Trinajstić information content (AvgIpc) is 2.47. The lowest BCUT2D eigenvalue weighted by molar-refractivity contribution is -0.144. The quantitative estimate of drug-likeness (QED) is 0.758. The van der Waals surface area contributed by atoms with Crippen LogP contribution in [0.4, 0.5) is 11.8 Å². The van der Waals surface area contributed by atoms with Gasteiger partial charge in [-0.2, -0.15) is 10.2 Å². The molecule has 1 aromatic carbocycles. The van der Waals surface area contributed by atoms with Crippen LogP contribution in [0.5, 0.6) is 5.75 Å². The van der Waals surface area contributed by atoms with Crippen LogP contribution in [-0.4, -0.2) is 27.1 Å². The maximum atomic E-state index is 10.7. The average molecular weight is 299 g/mol. The van der Waals surface area contributed by atoms with Gasteiger partial charge in [0.1, 0.15) is 23.2 Å². The van der Waals surface area contributed by atoms with E-state index < -0.39 is 12.1 Å². The molecule has 1 heterocycles. The zero-order chi connectivity index (χ0) is 16.3. The van der Waals surface area contributed by atoms with Crippen molar-refractivity contribution in [2.24, 2.45) is 0 Å². The molecule has 0 aliphatic heterocycles. The second-order valence-electron chi connectivity index (χ2n) is 4.43. The molecule has 0 spiro atoms. The number of carbonyl (C=O) groups is 1. The molecule has 0 amide bonds. The first-order chi connectivity index (χ1) is 10.4. The molecular weight excluding hydrogens is 286 g/mol. The van der Waals surface area contributed by atoms with Gasteiger partial charge in [0.2, 0.25) is 5.95 Å². The Morgan fingerprint density at radius 3 is 2.50 bits per heavy atom. The van der Waals surface area contributed by atoms with E-state index in [2.05, 4.69) is 9.97 Å². The standard InChI is InChI=1S/C14H13N5O3/c1-7(13(20)21)22-9-4-2-8(3-5-9)11-10(6-15)12(16)19-14(17)18-11/h2-5,7H,1H3,(H,20,21)(H4,16,17,18,19). The van der Waals surface area contributed by atoms with E-state index >= 15 is 0 Å². The molecule has 0 aliphatic rings. The number of nitrogens with two attached hydrogens (primary N) is 2. The highest BCUT2D eigenvalue weighted by molar-refractivity contribution is 5.74. The molecule has 0 saturated carbocycles. The number of aliphatic carboxylic acids is 1. The van der Waals surface area contributed by atoms with Crippen molar-refractivity contribution in [2.45, 2.75) is 13.0 Å². The molecule has 0 bridgehead atoms. The molecule has 112 valence electrons. The summed E-state index contributed by atoms with van der Waals surface area (Å²) >= 11 is 0. The highest BCUT2D eigenvalue weighted by Gasteiger charge is 2.15. The Morgan fingerprint density at radius 2 is 1.95 bits per heavy atom. The maximum Gasteiger partial charge on any atom is 0.344 e. The van der Waals surface area contributed by atoms with E-state index in [9.17, 15) is 4.79 Å². The SMILES string of the molecule is CC(Oc1ccc(-c2nc(N)nc(N)c2C#N)cc1)C(=O)O. The topological polar surface area (TPSA) is 148 Å². The number of hydrogen-bond acceptors (Lipinski definition) is 7. The van der Waals surface area contributed by atoms with Gasteiger partial charge in [-0.25, -0.2) is 9.78 Å². The molecule has 2 aromatic rings. The Labute approximate surface area is 126 Å². The minimum absolute atomic E-state index is 0.00447. The minimum Gasteiger partial charge on any atom is -0.479 e. The van der Waals surface area contributed by atoms with Gasteiger partial charge >= 0.3 is 5.97 Å². The molecule has 0 saturated heterocycles. The normalized spacial score (nSPS) is 11.5. The number of carboxylic acids is 1. The van der Waals surface area contributed by atoms with E-state index in [1.165, 1.54) is 6.92 Å². The van der Waals surface area contributed by atoms with Gasteiger partial charge in [-0.1, -0.05) is 0 Å². The van der Waals surface area contributed by atoms with Crippen LogP contribution in [0.15, 0.2) is 24.3 Å². The van der Waals surface area contributed by atoms with Gasteiger partial charge in [0.25, 0.3) is 0 Å². The summed E-state index contributed by atoms with van der Waals surface area (Å²) in [5, 5.41) is 17.9. The minimum atomic E-state index is -1.06. The summed E-state index contributed by atoms with van der Waals surface area (Å²) in [6.45, 7) is 1.43. The van der Waals surface area contributed by atoms with Crippen molar-refractivity contribution in [1.82, 2.24) is 9.97 Å². The fourth-order valence-corrected chi connectivity index (χ4v) is 1.76. The van der Waals surface area contributed by atoms with Crippen molar-refractivity contribution < 1.29 is 14.6 Å². The number of anilines is 2. The first-order valence-corrected chi connectivity index (χ1v) is 6.25. The van der Waals surface area contributed by atoms with E-state index in [1.54, 1.807) is 24.3 Å². The van der Waals surface area contributed by atoms with Crippen LogP contribution in [0.1, 0.15) is 12.5 Å². The van der Waals surface area contributed by atoms with Gasteiger partial charge in [0.05, 0.1) is 5.69 Å². The highest BCUT2D eigenvalue weighted by Crippen LogP contribution is 2.27. The molecule has 8 nitrogen and oxygen atoms in total. The number of hydrogen-bond donors (Lipinski definition) is 3. The Bertz CT molecular complexity index is 752. The summed E-state index contributed by atoms with van der Waals surface area (Å²) in [6, 6.07) is 8.35. The fourth-order valence-electron chi connectivity index (χ4n) is 1.76. The van der Waals surface area contributed by atoms with Crippen molar-refractivity contribution in [3.8, 4) is 23.1 Å². The molecule has 0 fully saturated rings. The fraction of sp³-hybridized carbons (Fsp3) is 0.143. The summed E-state index contributed by atoms with van der Waals surface area (Å²) in [6.07, 6.45) is -0.967. The molecular formula is C14H13N5O3. The molecule has 0 aliphatic carbocycles. The second-order valence-corrected chi connectivity index (χ2v) is 4.43. The molecule has 2 rings (SSSR count). The van der Waals surface area contributed by atoms with Crippen LogP contribution in [0.3, 0.4) is 0 Å². The number of nitrogen functional groups attached to an aromatic ring is 2. The molecule has 1 atom stereocenters. The molecule has 22 heavy (non-hydrogen) atoms. The first-order valence-electron chi connectivity index (χ1n) is 6.25. The van der Waals surface area contributed by atoms with Gasteiger partial charge in [-0.3, -0.25) is 0 Å². The lowest BCUT2D eigenvalue weighted by Gasteiger charge is -2.11. The number of carboxylic acid groups (broad SMARTS) is 1. The number of rotatable bonds is 4. The molecule has 8 heteroatoms. The predicted molar refractivity (Wildman–Crippen MR) is 78.7 cm³/mol. The third kappa shape index (κ3) is 3.04. The Kier molecular flexibility index (Phi) is 4.08. The Hall–Kier alpha value is -3.34. The van der Waals surface area contributed by atoms with Crippen molar-refractivity contribution in [1.29, 1.82) is 5.26 Å². The smallest absolute Gasteiger partial charge is 0.344 e. The van der Waals surface area contributed by atoms with E-state index in [0.717, 1.165) is 0 Å². The third-order valence-corrected chi connectivity index (χ3v) is 2.85. The van der Waals surface area contributed by atoms with Gasteiger partial charge in [0.15, 0.2) is 6.10 Å². The molecule has 5 N–H and O–H groups in total. The zero-order valence-corrected chi connectivity index (χ0v) is 11.6. The van der Waals surface area contributed by atoms with Gasteiger partial charge < -0.3 is 21.3 Å². The maximum absolute atomic E-state index is 10.7. The highest BCUT2D eigenvalue weighted by atomic mass is 16.5. The van der Waals surface area contributed by atoms with Gasteiger partial charge in [-0.05, 0) is 31.2 Å². The third-order valence-electron chi connectivity index (χ3n) is 2.85. The van der Waals surface area contributed by atoms with Crippen LogP contribution in [0, 0.1) is 11.3 Å². The van der Waals surface area contributed by atoms with Crippen LogP contribution in [0.25, 0.3) is 11.3 Å². The van der Waals surface area contributed by atoms with E-state index in [1.807, 2.05) is 6.07 Å². The lowest BCUT2D eigenvalue weighted by atomic mass is 10.1. The number of ether oxygens (including phenoxy) is 1. The van der Waals surface area contributed by atoms with Crippen LogP contribution in [0.2, 0.25) is 0 Å². The van der Waals surface area contributed by atoms with Crippen molar-refractivity contribution >= 4 is 17.7 Å². The van der Waals surface area contributed by atoms with Gasteiger partial charge in [-0.15, -0.1) is 0 Å². The first kappa shape index (κ1) is 15.1. The number of nitrogens with zero attached hydrogens (tertiary/aromatic N) is 3. The molecule has 1 aromatic heterocycles. The lowest BCUT2D eigenvalue weighted by Crippen LogP contribution is -2.22. The van der Waals surface area contributed by atoms with E-state index in [4.69, 9.17) is 26.6 Å². The number of aromatic nitrogens is 2. The van der Waals surface area contributed by atoms with E-state index in [-0.39, 0.29) is 17.3 Å². The Balaban J connectivity index is 2.36. The number of nitriles is 1. The second kappa shape index (κ2) is 5.97. The summed E-state index contributed by atoms with van der Waals surface area (Å²) in [5.74, 6) is -0.712. The summed E-state index contributed by atoms with van der Waals surface area (Å²) in [4.78, 5) is 18.5. The van der Waals surface area contributed by atoms with Crippen LogP contribution >= 0.6 is 0 Å². The predicted octanol–water partition coefficient (Wildman–Crippen LogP) is 1.03. The van der Waals surface area contributed by atoms with Crippen molar-refractivity contribution in [3.63, 3.8) is 0 Å². The zero-order valence-electron chi connectivity index (χ0n) is 11.6. The Morgan fingerprint density at radius 1 is 1.32 bits per heavy atom. The van der Waals surface area contributed by atoms with Crippen LogP contribution < -0.4 is 16.2 Å². The van der Waals surface area contributed by atoms with Crippen LogP contribution in [-0.2, 0) is 4.79 Å². The van der Waals surface area contributed by atoms with Crippen molar-refractivity contribution in [3.05, 3.63) is 29.8 Å². The summed E-state index contributed by atoms with van der Waals surface area (Å²) in [7, 11) is 0. The number of benzene rings is 1. The molecule has 1 unspecified atom stereocenters. The van der Waals surface area contributed by atoms with E-state index in [0.29, 0.717) is 17.0 Å².